The van der Waals surface area contributed by atoms with E-state index in [-0.39, 0.29) is 11.8 Å². The normalized spacial score (nSPS) is 21.5. The van der Waals surface area contributed by atoms with Gasteiger partial charge in [-0.25, -0.2) is 0 Å². The van der Waals surface area contributed by atoms with E-state index in [1.54, 1.807) is 0 Å². The molecule has 6 nitrogen and oxygen atoms in total. The molecule has 1 N–H and O–H groups in total. The first-order chi connectivity index (χ1) is 13.7. The van der Waals surface area contributed by atoms with Gasteiger partial charge in [0.05, 0.1) is 12.5 Å². The number of piperidine rings is 1. The third kappa shape index (κ3) is 4.79. The second-order valence-electron chi connectivity index (χ2n) is 8.30. The maximum atomic E-state index is 12.7. The van der Waals surface area contributed by atoms with Crippen LogP contribution in [0.15, 0.2) is 28.8 Å². The molecule has 6 heteroatoms. The highest BCUT2D eigenvalue weighted by Gasteiger charge is 2.28. The highest BCUT2D eigenvalue weighted by Crippen LogP contribution is 2.22. The van der Waals surface area contributed by atoms with Gasteiger partial charge in [0.1, 0.15) is 0 Å². The topological polar surface area (TPSA) is 71.3 Å². The summed E-state index contributed by atoms with van der Waals surface area (Å²) in [6.07, 6.45) is 8.05. The first-order valence-electron chi connectivity index (χ1n) is 10.6. The molecule has 1 amide bonds. The lowest BCUT2D eigenvalue weighted by molar-refractivity contribution is -0.127. The van der Waals surface area contributed by atoms with Crippen LogP contribution < -0.4 is 5.32 Å². The standard InChI is InChI=1S/C22H30N4O2/c1-16-9-11-17(12-10-16)22-24-20(25-28-22)15-26-13-5-6-18(14-26)21(27)23-19-7-3-2-4-8-19/h9-12,18-19H,2-8,13-15H2,1H3,(H,23,27). The van der Waals surface area contributed by atoms with Crippen LogP contribution in [0.1, 0.15) is 56.3 Å². The predicted molar refractivity (Wildman–Crippen MR) is 107 cm³/mol. The van der Waals surface area contributed by atoms with Gasteiger partial charge in [-0.2, -0.15) is 4.98 Å². The molecule has 2 heterocycles. The molecule has 1 aliphatic heterocycles. The molecule has 1 atom stereocenters. The maximum Gasteiger partial charge on any atom is 0.257 e. The van der Waals surface area contributed by atoms with Crippen LogP contribution in [-0.2, 0) is 11.3 Å². The van der Waals surface area contributed by atoms with Crippen LogP contribution in [0, 0.1) is 12.8 Å². The number of rotatable bonds is 5. The van der Waals surface area contributed by atoms with E-state index in [1.807, 2.05) is 24.3 Å². The number of likely N-dealkylation sites (tertiary alicyclic amines) is 1. The number of amides is 1. The minimum Gasteiger partial charge on any atom is -0.353 e. The summed E-state index contributed by atoms with van der Waals surface area (Å²) in [6.45, 7) is 4.43. The van der Waals surface area contributed by atoms with Crippen molar-refractivity contribution < 1.29 is 9.32 Å². The van der Waals surface area contributed by atoms with Crippen molar-refractivity contribution in [3.63, 3.8) is 0 Å². The van der Waals surface area contributed by atoms with Gasteiger partial charge < -0.3 is 9.84 Å². The van der Waals surface area contributed by atoms with Gasteiger partial charge >= 0.3 is 0 Å². The Morgan fingerprint density at radius 1 is 1.14 bits per heavy atom. The van der Waals surface area contributed by atoms with Crippen LogP contribution in [0.3, 0.4) is 0 Å². The average Bonchev–Trinajstić information content (AvgIpc) is 3.18. The molecule has 2 aromatic rings. The van der Waals surface area contributed by atoms with E-state index in [1.165, 1.54) is 24.8 Å². The van der Waals surface area contributed by atoms with Gasteiger partial charge in [0.15, 0.2) is 5.82 Å². The zero-order valence-corrected chi connectivity index (χ0v) is 16.7. The third-order valence-electron chi connectivity index (χ3n) is 5.96. The minimum atomic E-state index is 0.0687. The maximum absolute atomic E-state index is 12.7. The van der Waals surface area contributed by atoms with E-state index < -0.39 is 0 Å². The SMILES string of the molecule is Cc1ccc(-c2nc(CN3CCCC(C(=O)NC4CCCCC4)C3)no2)cc1. The van der Waals surface area contributed by atoms with Gasteiger partial charge in [-0.15, -0.1) is 0 Å². The lowest BCUT2D eigenvalue weighted by atomic mass is 9.93. The fourth-order valence-electron chi connectivity index (χ4n) is 4.31. The van der Waals surface area contributed by atoms with Crippen molar-refractivity contribution >= 4 is 5.91 Å². The number of benzene rings is 1. The molecule has 2 fully saturated rings. The number of hydrogen-bond acceptors (Lipinski definition) is 5. The van der Waals surface area contributed by atoms with Gasteiger partial charge in [0, 0.05) is 18.2 Å². The lowest BCUT2D eigenvalue weighted by Crippen LogP contribution is -2.46. The van der Waals surface area contributed by atoms with E-state index in [0.717, 1.165) is 44.3 Å². The molecule has 4 rings (SSSR count). The Morgan fingerprint density at radius 3 is 2.71 bits per heavy atom. The van der Waals surface area contributed by atoms with E-state index in [9.17, 15) is 4.79 Å². The van der Waals surface area contributed by atoms with Crippen molar-refractivity contribution in [2.45, 2.75) is 64.5 Å². The Hall–Kier alpha value is -2.21. The highest BCUT2D eigenvalue weighted by atomic mass is 16.5. The van der Waals surface area contributed by atoms with E-state index >= 15 is 0 Å². The smallest absolute Gasteiger partial charge is 0.257 e. The second kappa shape index (κ2) is 8.86. The van der Waals surface area contributed by atoms with E-state index in [0.29, 0.717) is 24.3 Å². The van der Waals surface area contributed by atoms with Gasteiger partial charge in [-0.1, -0.05) is 42.1 Å². The van der Waals surface area contributed by atoms with Crippen molar-refractivity contribution in [1.82, 2.24) is 20.4 Å². The summed E-state index contributed by atoms with van der Waals surface area (Å²) in [6, 6.07) is 8.46. The van der Waals surface area contributed by atoms with Gasteiger partial charge in [0.25, 0.3) is 5.89 Å². The van der Waals surface area contributed by atoms with E-state index in [2.05, 4.69) is 27.3 Å². The van der Waals surface area contributed by atoms with Crippen molar-refractivity contribution in [3.8, 4) is 11.5 Å². The number of nitrogens with zero attached hydrogens (tertiary/aromatic N) is 3. The number of hydrogen-bond donors (Lipinski definition) is 1. The summed E-state index contributed by atoms with van der Waals surface area (Å²) in [5, 5.41) is 7.43. The second-order valence-corrected chi connectivity index (χ2v) is 8.30. The number of nitrogens with one attached hydrogen (secondary N) is 1. The summed E-state index contributed by atoms with van der Waals surface area (Å²) >= 11 is 0. The molecule has 1 unspecified atom stereocenters. The molecule has 1 saturated carbocycles. The van der Waals surface area contributed by atoms with Crippen LogP contribution in [0.5, 0.6) is 0 Å². The van der Waals surface area contributed by atoms with Gasteiger partial charge in [-0.05, 0) is 51.3 Å². The first kappa shape index (κ1) is 19.1. The quantitative estimate of drug-likeness (QED) is 0.854. The summed E-state index contributed by atoms with van der Waals surface area (Å²) in [5.41, 5.74) is 2.14. The fourth-order valence-corrected chi connectivity index (χ4v) is 4.31. The van der Waals surface area contributed by atoms with Crippen molar-refractivity contribution in [2.24, 2.45) is 5.92 Å². The predicted octanol–water partition coefficient (Wildman–Crippen LogP) is 3.71. The fraction of sp³-hybridized carbons (Fsp3) is 0.591. The summed E-state index contributed by atoms with van der Waals surface area (Å²) in [4.78, 5) is 19.5. The molecule has 28 heavy (non-hydrogen) atoms. The molecule has 150 valence electrons. The molecule has 1 aromatic carbocycles. The summed E-state index contributed by atoms with van der Waals surface area (Å²) in [5.74, 6) is 1.53. The van der Waals surface area contributed by atoms with E-state index in [4.69, 9.17) is 4.52 Å². The molecule has 1 saturated heterocycles. The number of aryl methyl sites for hydroxylation is 1. The molecule has 0 bridgehead atoms. The number of aromatic nitrogens is 2. The number of carbonyl (C=O) groups excluding carboxylic acids is 1. The van der Waals surface area contributed by atoms with Crippen LogP contribution in [-0.4, -0.2) is 40.1 Å². The highest BCUT2D eigenvalue weighted by molar-refractivity contribution is 5.79. The summed E-state index contributed by atoms with van der Waals surface area (Å²) in [7, 11) is 0. The van der Waals surface area contributed by atoms with Crippen molar-refractivity contribution in [3.05, 3.63) is 35.7 Å². The Morgan fingerprint density at radius 2 is 1.93 bits per heavy atom. The van der Waals surface area contributed by atoms with Crippen molar-refractivity contribution in [2.75, 3.05) is 13.1 Å². The Balaban J connectivity index is 1.32. The first-order valence-corrected chi connectivity index (χ1v) is 10.6. The lowest BCUT2D eigenvalue weighted by Gasteiger charge is -2.32. The molecular formula is C22H30N4O2. The van der Waals surface area contributed by atoms with Crippen LogP contribution >= 0.6 is 0 Å². The Kier molecular flexibility index (Phi) is 6.05. The van der Waals surface area contributed by atoms with Gasteiger partial charge in [0.2, 0.25) is 5.91 Å². The summed E-state index contributed by atoms with van der Waals surface area (Å²) < 4.78 is 5.44. The molecule has 1 aromatic heterocycles. The third-order valence-corrected chi connectivity index (χ3v) is 5.96. The monoisotopic (exact) mass is 382 g/mol. The zero-order chi connectivity index (χ0) is 19.3. The average molecular weight is 383 g/mol. The largest absolute Gasteiger partial charge is 0.353 e. The molecule has 0 spiro atoms. The Labute approximate surface area is 166 Å². The molecule has 0 radical (unpaired) electrons. The minimum absolute atomic E-state index is 0.0687. The molecular weight excluding hydrogens is 352 g/mol. The van der Waals surface area contributed by atoms with Gasteiger partial charge in [-0.3, -0.25) is 9.69 Å². The van der Waals surface area contributed by atoms with Crippen molar-refractivity contribution in [1.29, 1.82) is 0 Å². The van der Waals surface area contributed by atoms with Crippen LogP contribution in [0.25, 0.3) is 11.5 Å². The zero-order valence-electron chi connectivity index (χ0n) is 16.7. The number of carbonyl (C=O) groups is 1. The van der Waals surface area contributed by atoms with Crippen LogP contribution in [0.2, 0.25) is 0 Å². The Bertz CT molecular complexity index is 780. The van der Waals surface area contributed by atoms with Crippen LogP contribution in [0.4, 0.5) is 0 Å². The molecule has 2 aliphatic rings. The molecule has 1 aliphatic carbocycles.